The molecule has 5 rings (SSSR count). The molecule has 1 saturated heterocycles. The van der Waals surface area contributed by atoms with E-state index >= 15 is 0 Å². The molecule has 5 N–H and O–H groups in total. The van der Waals surface area contributed by atoms with Gasteiger partial charge in [-0.2, -0.15) is 0 Å². The van der Waals surface area contributed by atoms with Crippen molar-refractivity contribution in [2.24, 2.45) is 23.2 Å². The Morgan fingerprint density at radius 2 is 1.54 bits per heavy atom. The summed E-state index contributed by atoms with van der Waals surface area (Å²) in [7, 11) is 0. The Hall–Kier alpha value is -4.43. The van der Waals surface area contributed by atoms with Crippen LogP contribution < -0.4 is 21.3 Å². The highest BCUT2D eigenvalue weighted by atomic mass is 16.4. The van der Waals surface area contributed by atoms with Crippen LogP contribution in [0, 0.1) is 23.2 Å². The quantitative estimate of drug-likeness (QED) is 0.176. The van der Waals surface area contributed by atoms with Crippen molar-refractivity contribution in [3.8, 4) is 0 Å². The first-order valence-electron chi connectivity index (χ1n) is 18.8. The highest BCUT2D eigenvalue weighted by Crippen LogP contribution is 2.43. The van der Waals surface area contributed by atoms with Crippen molar-refractivity contribution in [2.45, 2.75) is 135 Å². The van der Waals surface area contributed by atoms with Gasteiger partial charge in [0.2, 0.25) is 23.5 Å². The Morgan fingerprint density at radius 3 is 2.13 bits per heavy atom. The highest BCUT2D eigenvalue weighted by Gasteiger charge is 2.52. The van der Waals surface area contributed by atoms with Gasteiger partial charge in [0.1, 0.15) is 23.8 Å². The molecular formula is C37H53N7O8. The van der Waals surface area contributed by atoms with Crippen LogP contribution in [-0.2, 0) is 24.0 Å². The van der Waals surface area contributed by atoms with Gasteiger partial charge in [0.25, 0.3) is 11.8 Å². The molecule has 284 valence electrons. The molecule has 52 heavy (non-hydrogen) atoms. The summed E-state index contributed by atoms with van der Waals surface area (Å²) in [5, 5.41) is 20.5. The number of Topliss-reactive ketones (excluding diaryl/α,β-unsaturated/α-hetero) is 1. The molecule has 4 fully saturated rings. The number of amides is 5. The maximum absolute atomic E-state index is 14.6. The third kappa shape index (κ3) is 9.13. The molecule has 1 aromatic rings. The number of carbonyl (C=O) groups excluding carboxylic acids is 6. The first-order valence-corrected chi connectivity index (χ1v) is 18.8. The standard InChI is InChI=1S/C37H53N7O8/c1-5-10-24(29(45)34(49)40-22-15-16-22)41-33(48)28-23-14-9-13-21(23)19-44(28)35(50)30(37(2,3)4)43-32(47)27(20-11-7-6-8-12-20)42-31(46)25-17-39-26(18-38-25)36(51)52/h17-18,20-24,27-28,30H,5-16,19H2,1-4H3,(H,40,49)(H,41,48)(H,42,46)(H,43,47)(H,51,52)/t21-,23-,24?,27?,28-,30?/m0/s1. The number of rotatable bonds is 14. The maximum Gasteiger partial charge on any atom is 0.356 e. The summed E-state index contributed by atoms with van der Waals surface area (Å²) >= 11 is 0. The van der Waals surface area contributed by atoms with E-state index in [9.17, 15) is 33.6 Å². The number of hydrogen-bond donors (Lipinski definition) is 5. The Labute approximate surface area is 304 Å². The number of aromatic carboxylic acids is 1. The molecule has 15 heteroatoms. The van der Waals surface area contributed by atoms with Crippen molar-refractivity contribution in [1.82, 2.24) is 36.1 Å². The minimum absolute atomic E-state index is 0.00812. The molecule has 5 amide bonds. The lowest BCUT2D eigenvalue weighted by Crippen LogP contribution is -2.62. The number of carboxylic acids is 1. The molecule has 1 aliphatic heterocycles. The first kappa shape index (κ1) is 38.8. The summed E-state index contributed by atoms with van der Waals surface area (Å²) in [5.41, 5.74) is -1.27. The lowest BCUT2D eigenvalue weighted by atomic mass is 9.82. The van der Waals surface area contributed by atoms with E-state index in [4.69, 9.17) is 5.11 Å². The topological polar surface area (TPSA) is 217 Å². The SMILES string of the molecule is CCCC(NC(=O)[C@@H]1[C@H]2CCC[C@H]2CN1C(=O)C(NC(=O)C(NC(=O)c1cnc(C(=O)O)cn1)C1CCCCC1)C(C)(C)C)C(=O)C(=O)NC1CC1. The monoisotopic (exact) mass is 723 g/mol. The molecule has 0 radical (unpaired) electrons. The number of carbonyl (C=O) groups is 7. The van der Waals surface area contributed by atoms with Gasteiger partial charge in [0.15, 0.2) is 5.69 Å². The van der Waals surface area contributed by atoms with Crippen LogP contribution in [-0.4, -0.2) is 98.0 Å². The summed E-state index contributed by atoms with van der Waals surface area (Å²) in [6.45, 7) is 7.66. The smallest absolute Gasteiger partial charge is 0.356 e. The van der Waals surface area contributed by atoms with Crippen molar-refractivity contribution in [2.75, 3.05) is 6.54 Å². The maximum atomic E-state index is 14.6. The Kier molecular flexibility index (Phi) is 12.3. The van der Waals surface area contributed by atoms with Crippen LogP contribution in [0.15, 0.2) is 12.4 Å². The van der Waals surface area contributed by atoms with E-state index in [0.29, 0.717) is 25.8 Å². The minimum atomic E-state index is -1.29. The molecule has 1 aromatic heterocycles. The predicted octanol–water partition coefficient (Wildman–Crippen LogP) is 2.14. The Balaban J connectivity index is 1.36. The number of hydrogen-bond acceptors (Lipinski definition) is 9. The largest absolute Gasteiger partial charge is 0.476 e. The van der Waals surface area contributed by atoms with E-state index in [1.165, 1.54) is 0 Å². The summed E-state index contributed by atoms with van der Waals surface area (Å²) in [5.74, 6) is -5.09. The van der Waals surface area contributed by atoms with Crippen LogP contribution in [0.3, 0.4) is 0 Å². The lowest BCUT2D eigenvalue weighted by molar-refractivity contribution is -0.146. The molecule has 15 nitrogen and oxygen atoms in total. The minimum Gasteiger partial charge on any atom is -0.476 e. The van der Waals surface area contributed by atoms with Gasteiger partial charge in [-0.3, -0.25) is 28.8 Å². The number of nitrogens with one attached hydrogen (secondary N) is 4. The molecule has 4 aliphatic rings. The van der Waals surface area contributed by atoms with Gasteiger partial charge < -0.3 is 31.3 Å². The summed E-state index contributed by atoms with van der Waals surface area (Å²) in [6, 6.07) is -3.97. The average molecular weight is 724 g/mol. The molecule has 6 atom stereocenters. The second-order valence-electron chi connectivity index (χ2n) is 16.0. The second-order valence-corrected chi connectivity index (χ2v) is 16.0. The van der Waals surface area contributed by atoms with E-state index in [1.807, 2.05) is 27.7 Å². The van der Waals surface area contributed by atoms with Crippen molar-refractivity contribution < 1.29 is 38.7 Å². The van der Waals surface area contributed by atoms with Crippen molar-refractivity contribution >= 4 is 41.3 Å². The van der Waals surface area contributed by atoms with Gasteiger partial charge in [-0.1, -0.05) is 59.8 Å². The van der Waals surface area contributed by atoms with Crippen LogP contribution in [0.1, 0.15) is 126 Å². The number of aromatic nitrogens is 2. The summed E-state index contributed by atoms with van der Waals surface area (Å²) < 4.78 is 0. The zero-order valence-electron chi connectivity index (χ0n) is 30.6. The molecule has 0 bridgehead atoms. The van der Waals surface area contributed by atoms with Crippen LogP contribution in [0.25, 0.3) is 0 Å². The number of fused-ring (bicyclic) bond motifs is 1. The number of nitrogens with zero attached hydrogens (tertiary/aromatic N) is 3. The van der Waals surface area contributed by atoms with Crippen LogP contribution in [0.2, 0.25) is 0 Å². The first-order chi connectivity index (χ1) is 24.7. The fraction of sp³-hybridized carbons (Fsp3) is 0.703. The lowest BCUT2D eigenvalue weighted by Gasteiger charge is -2.38. The van der Waals surface area contributed by atoms with E-state index < -0.39 is 70.9 Å². The van der Waals surface area contributed by atoms with Crippen molar-refractivity contribution in [3.05, 3.63) is 23.8 Å². The van der Waals surface area contributed by atoms with Crippen LogP contribution in [0.5, 0.6) is 0 Å². The van der Waals surface area contributed by atoms with Crippen LogP contribution >= 0.6 is 0 Å². The third-order valence-electron chi connectivity index (χ3n) is 11.0. The summed E-state index contributed by atoms with van der Waals surface area (Å²) in [6.07, 6.45) is 11.1. The Bertz CT molecular complexity index is 1530. The third-order valence-corrected chi connectivity index (χ3v) is 11.0. The van der Waals surface area contributed by atoms with Gasteiger partial charge in [-0.05, 0) is 68.1 Å². The van der Waals surface area contributed by atoms with Gasteiger partial charge in [0.05, 0.1) is 18.4 Å². The highest BCUT2D eigenvalue weighted by molar-refractivity contribution is 6.38. The van der Waals surface area contributed by atoms with Gasteiger partial charge in [-0.15, -0.1) is 0 Å². The zero-order chi connectivity index (χ0) is 37.7. The van der Waals surface area contributed by atoms with Crippen molar-refractivity contribution in [3.63, 3.8) is 0 Å². The number of likely N-dealkylation sites (tertiary alicyclic amines) is 1. The molecule has 2 heterocycles. The second kappa shape index (κ2) is 16.5. The fourth-order valence-electron chi connectivity index (χ4n) is 8.01. The Morgan fingerprint density at radius 1 is 0.865 bits per heavy atom. The van der Waals surface area contributed by atoms with Gasteiger partial charge >= 0.3 is 5.97 Å². The van der Waals surface area contributed by atoms with Crippen molar-refractivity contribution in [1.29, 1.82) is 0 Å². The molecule has 3 aliphatic carbocycles. The summed E-state index contributed by atoms with van der Waals surface area (Å²) in [4.78, 5) is 103. The molecule has 0 aromatic carbocycles. The zero-order valence-corrected chi connectivity index (χ0v) is 30.6. The number of carboxylic acid groups (broad SMARTS) is 1. The predicted molar refractivity (Wildman–Crippen MR) is 188 cm³/mol. The van der Waals surface area contributed by atoms with Gasteiger partial charge in [0, 0.05) is 12.6 Å². The molecule has 3 unspecified atom stereocenters. The van der Waals surface area contributed by atoms with Gasteiger partial charge in [-0.25, -0.2) is 14.8 Å². The average Bonchev–Trinajstić information content (AvgIpc) is 3.68. The van der Waals surface area contributed by atoms with E-state index in [2.05, 4.69) is 31.2 Å². The van der Waals surface area contributed by atoms with E-state index in [-0.39, 0.29) is 41.6 Å². The molecule has 3 saturated carbocycles. The fourth-order valence-corrected chi connectivity index (χ4v) is 8.01. The number of ketones is 1. The van der Waals surface area contributed by atoms with E-state index in [1.54, 1.807) is 4.90 Å². The van der Waals surface area contributed by atoms with Crippen LogP contribution in [0.4, 0.5) is 0 Å². The molecular weight excluding hydrogens is 670 g/mol. The molecule has 0 spiro atoms. The normalized spacial score (nSPS) is 23.5. The van der Waals surface area contributed by atoms with E-state index in [0.717, 1.165) is 63.8 Å².